The zero-order valence-corrected chi connectivity index (χ0v) is 17.5. The number of fused-ring (bicyclic) bond motifs is 3. The van der Waals surface area contributed by atoms with Gasteiger partial charge in [-0.1, -0.05) is 53.7 Å². The lowest BCUT2D eigenvalue weighted by Crippen LogP contribution is -2.16. The van der Waals surface area contributed by atoms with Crippen molar-refractivity contribution in [3.05, 3.63) is 81.5 Å². The average molecular weight is 439 g/mol. The van der Waals surface area contributed by atoms with Crippen molar-refractivity contribution in [2.75, 3.05) is 5.32 Å². The van der Waals surface area contributed by atoms with Gasteiger partial charge in [-0.3, -0.25) is 0 Å². The molecule has 1 atom stereocenters. The Labute approximate surface area is 181 Å². The SMILES string of the molecule is Clc1ccc(CSc2nnc3c(n2)O[C@H](c2ccsc2)Nc2ccccc2-3)cc1. The maximum Gasteiger partial charge on any atom is 0.247 e. The minimum absolute atomic E-state index is 0.338. The van der Waals surface area contributed by atoms with Gasteiger partial charge in [0.2, 0.25) is 11.0 Å². The van der Waals surface area contributed by atoms with Crippen LogP contribution in [0.5, 0.6) is 5.88 Å². The highest BCUT2D eigenvalue weighted by molar-refractivity contribution is 7.98. The molecule has 29 heavy (non-hydrogen) atoms. The zero-order valence-electron chi connectivity index (χ0n) is 15.1. The van der Waals surface area contributed by atoms with E-state index in [1.165, 1.54) is 11.8 Å². The fourth-order valence-corrected chi connectivity index (χ4v) is 4.55. The van der Waals surface area contributed by atoms with Crippen LogP contribution in [0.15, 0.2) is 70.5 Å². The zero-order chi connectivity index (χ0) is 19.6. The van der Waals surface area contributed by atoms with Crippen LogP contribution in [0.1, 0.15) is 17.4 Å². The van der Waals surface area contributed by atoms with Gasteiger partial charge in [0.1, 0.15) is 0 Å². The Morgan fingerprint density at radius 1 is 1.07 bits per heavy atom. The summed E-state index contributed by atoms with van der Waals surface area (Å²) in [5.41, 5.74) is 4.70. The van der Waals surface area contributed by atoms with Crippen molar-refractivity contribution in [1.82, 2.24) is 15.2 Å². The van der Waals surface area contributed by atoms with E-state index in [2.05, 4.69) is 25.9 Å². The minimum Gasteiger partial charge on any atom is -0.448 e. The third kappa shape index (κ3) is 3.94. The number of thioether (sulfide) groups is 1. The highest BCUT2D eigenvalue weighted by Gasteiger charge is 2.26. The van der Waals surface area contributed by atoms with Crippen molar-refractivity contribution in [3.63, 3.8) is 0 Å². The van der Waals surface area contributed by atoms with Gasteiger partial charge in [0.15, 0.2) is 11.9 Å². The molecule has 5 nitrogen and oxygen atoms in total. The average Bonchev–Trinajstić information content (AvgIpc) is 3.23. The molecule has 0 fully saturated rings. The topological polar surface area (TPSA) is 59.9 Å². The molecule has 1 aliphatic heterocycles. The summed E-state index contributed by atoms with van der Waals surface area (Å²) in [6.07, 6.45) is -0.338. The van der Waals surface area contributed by atoms with Gasteiger partial charge in [0.05, 0.1) is 0 Å². The Hall–Kier alpha value is -2.61. The van der Waals surface area contributed by atoms with Crippen LogP contribution >= 0.6 is 34.7 Å². The summed E-state index contributed by atoms with van der Waals surface area (Å²) in [5.74, 6) is 1.20. The molecular weight excluding hydrogens is 424 g/mol. The van der Waals surface area contributed by atoms with E-state index in [4.69, 9.17) is 16.3 Å². The first kappa shape index (κ1) is 18.4. The van der Waals surface area contributed by atoms with Crippen LogP contribution in [0.3, 0.4) is 0 Å². The van der Waals surface area contributed by atoms with Crippen molar-refractivity contribution in [1.29, 1.82) is 0 Å². The van der Waals surface area contributed by atoms with Crippen LogP contribution in [0.2, 0.25) is 5.02 Å². The van der Waals surface area contributed by atoms with Crippen LogP contribution in [0, 0.1) is 0 Å². The third-order valence-corrected chi connectivity index (χ3v) is 6.32. The lowest BCUT2D eigenvalue weighted by Gasteiger charge is -2.17. The molecular formula is C21H15ClN4OS2. The maximum absolute atomic E-state index is 6.24. The Bertz CT molecular complexity index is 1140. The molecule has 0 unspecified atom stereocenters. The van der Waals surface area contributed by atoms with Gasteiger partial charge in [0, 0.05) is 27.6 Å². The van der Waals surface area contributed by atoms with E-state index in [0.717, 1.165) is 33.2 Å². The second-order valence-corrected chi connectivity index (χ2v) is 8.57. The van der Waals surface area contributed by atoms with Crippen LogP contribution in [0.4, 0.5) is 5.69 Å². The summed E-state index contributed by atoms with van der Waals surface area (Å²) < 4.78 is 6.24. The number of anilines is 1. The molecule has 0 spiro atoms. The Balaban J connectivity index is 1.47. The molecule has 0 saturated heterocycles. The number of halogens is 1. The molecule has 144 valence electrons. The number of thiophene rings is 1. The van der Waals surface area contributed by atoms with Crippen molar-refractivity contribution >= 4 is 40.4 Å². The van der Waals surface area contributed by atoms with Gasteiger partial charge < -0.3 is 10.1 Å². The standard InChI is InChI=1S/C21H15ClN4OS2/c22-15-7-5-13(6-8-15)11-29-21-24-20-18(25-26-21)16-3-1-2-4-17(16)23-19(27-20)14-9-10-28-12-14/h1-10,12,19,23H,11H2/t19-/m1/s1. The molecule has 0 amide bonds. The Morgan fingerprint density at radius 2 is 1.93 bits per heavy atom. The summed E-state index contributed by atoms with van der Waals surface area (Å²) in [7, 11) is 0. The second-order valence-electron chi connectivity index (χ2n) is 6.41. The monoisotopic (exact) mass is 438 g/mol. The van der Waals surface area contributed by atoms with E-state index < -0.39 is 0 Å². The summed E-state index contributed by atoms with van der Waals surface area (Å²) in [6.45, 7) is 0. The van der Waals surface area contributed by atoms with Gasteiger partial charge >= 0.3 is 0 Å². The molecule has 2 aromatic carbocycles. The number of nitrogens with zero attached hydrogens (tertiary/aromatic N) is 3. The third-order valence-electron chi connectivity index (χ3n) is 4.46. The molecule has 0 saturated carbocycles. The number of aromatic nitrogens is 3. The molecule has 0 aliphatic carbocycles. The van der Waals surface area contributed by atoms with Gasteiger partial charge in [-0.2, -0.15) is 16.3 Å². The number of nitrogens with one attached hydrogen (secondary N) is 1. The second kappa shape index (κ2) is 8.02. The number of rotatable bonds is 4. The fourth-order valence-electron chi connectivity index (χ4n) is 3.01. The number of hydrogen-bond donors (Lipinski definition) is 1. The number of para-hydroxylation sites is 1. The quantitative estimate of drug-likeness (QED) is 0.391. The van der Waals surface area contributed by atoms with E-state index in [1.807, 2.05) is 60.0 Å². The Morgan fingerprint density at radius 3 is 2.76 bits per heavy atom. The molecule has 1 aliphatic rings. The molecule has 4 aromatic rings. The normalized spacial score (nSPS) is 14.9. The highest BCUT2D eigenvalue weighted by atomic mass is 35.5. The lowest BCUT2D eigenvalue weighted by molar-refractivity contribution is 0.225. The van der Waals surface area contributed by atoms with E-state index in [9.17, 15) is 0 Å². The molecule has 3 heterocycles. The predicted molar refractivity (Wildman–Crippen MR) is 118 cm³/mol. The van der Waals surface area contributed by atoms with E-state index in [0.29, 0.717) is 16.7 Å². The van der Waals surface area contributed by atoms with Gasteiger partial charge in [-0.05, 0) is 40.6 Å². The smallest absolute Gasteiger partial charge is 0.247 e. The first-order valence-electron chi connectivity index (χ1n) is 8.93. The lowest BCUT2D eigenvalue weighted by atomic mass is 10.1. The van der Waals surface area contributed by atoms with Gasteiger partial charge in [-0.25, -0.2) is 0 Å². The highest BCUT2D eigenvalue weighted by Crippen LogP contribution is 2.39. The predicted octanol–water partition coefficient (Wildman–Crippen LogP) is 6.05. The Kier molecular flexibility index (Phi) is 5.10. The molecule has 2 aromatic heterocycles. The first-order valence-corrected chi connectivity index (χ1v) is 11.2. The summed E-state index contributed by atoms with van der Waals surface area (Å²) >= 11 is 9.10. The first-order chi connectivity index (χ1) is 14.3. The molecule has 1 N–H and O–H groups in total. The summed E-state index contributed by atoms with van der Waals surface area (Å²) in [6, 6.07) is 17.8. The van der Waals surface area contributed by atoms with Crippen molar-refractivity contribution in [3.8, 4) is 17.1 Å². The molecule has 0 bridgehead atoms. The van der Waals surface area contributed by atoms with Crippen molar-refractivity contribution < 1.29 is 4.74 Å². The number of benzene rings is 2. The molecule has 5 rings (SSSR count). The van der Waals surface area contributed by atoms with Gasteiger partial charge in [0.25, 0.3) is 0 Å². The maximum atomic E-state index is 6.24. The van der Waals surface area contributed by atoms with Crippen LogP contribution in [-0.4, -0.2) is 15.2 Å². The van der Waals surface area contributed by atoms with Gasteiger partial charge in [-0.15, -0.1) is 10.2 Å². The number of ether oxygens (including phenoxy) is 1. The van der Waals surface area contributed by atoms with Crippen LogP contribution in [-0.2, 0) is 5.75 Å². The van der Waals surface area contributed by atoms with Crippen molar-refractivity contribution in [2.45, 2.75) is 17.1 Å². The molecule has 8 heteroatoms. The summed E-state index contributed by atoms with van der Waals surface area (Å²) in [4.78, 5) is 4.67. The number of hydrogen-bond acceptors (Lipinski definition) is 7. The van der Waals surface area contributed by atoms with E-state index in [-0.39, 0.29) is 6.23 Å². The minimum atomic E-state index is -0.338. The van der Waals surface area contributed by atoms with Crippen molar-refractivity contribution in [2.24, 2.45) is 0 Å². The fraction of sp³-hybridized carbons (Fsp3) is 0.0952. The van der Waals surface area contributed by atoms with E-state index >= 15 is 0 Å². The van der Waals surface area contributed by atoms with E-state index in [1.54, 1.807) is 11.3 Å². The van der Waals surface area contributed by atoms with Crippen LogP contribution in [0.25, 0.3) is 11.3 Å². The van der Waals surface area contributed by atoms with Crippen LogP contribution < -0.4 is 10.1 Å². The summed E-state index contributed by atoms with van der Waals surface area (Å²) in [5, 5.41) is 17.6. The molecule has 0 radical (unpaired) electrons. The largest absolute Gasteiger partial charge is 0.448 e.